The molecule has 0 N–H and O–H groups in total. The van der Waals surface area contributed by atoms with Crippen LogP contribution >= 0.6 is 0 Å². The Balaban J connectivity index is 0.000000140. The lowest BCUT2D eigenvalue weighted by molar-refractivity contribution is -0.483. The van der Waals surface area contributed by atoms with Gasteiger partial charge in [-0.05, 0) is 36.4 Å². The Hall–Kier alpha value is -3.30. The zero-order valence-corrected chi connectivity index (χ0v) is 28.5. The molecule has 6 aromatic heterocycles. The van der Waals surface area contributed by atoms with Gasteiger partial charge in [0.1, 0.15) is 0 Å². The van der Waals surface area contributed by atoms with Crippen molar-refractivity contribution in [2.75, 3.05) is 0 Å². The lowest BCUT2D eigenvalue weighted by Crippen LogP contribution is -3.00. The molecule has 9 heteroatoms. The summed E-state index contributed by atoms with van der Waals surface area (Å²) in [6.07, 6.45) is 10.9. The minimum atomic E-state index is 0. The summed E-state index contributed by atoms with van der Waals surface area (Å²) in [4.78, 5) is 0. The Morgan fingerprint density at radius 2 is 0.619 bits per heavy atom. The van der Waals surface area contributed by atoms with Crippen LogP contribution in [0.15, 0.2) is 160 Å². The molecule has 0 aliphatic rings. The highest BCUT2D eigenvalue weighted by molar-refractivity contribution is 5.77. The van der Waals surface area contributed by atoms with Crippen molar-refractivity contribution in [2.24, 2.45) is 0 Å². The fourth-order valence-electron chi connectivity index (χ4n) is 4.86. The second kappa shape index (κ2) is 14.2. The average molecular weight is 891 g/mol. The van der Waals surface area contributed by atoms with Crippen molar-refractivity contribution in [1.82, 2.24) is 0 Å². The predicted molar refractivity (Wildman–Crippen MR) is 148 cm³/mol. The van der Waals surface area contributed by atoms with Crippen LogP contribution in [-0.2, 0) is 0 Å². The summed E-state index contributed by atoms with van der Waals surface area (Å²) in [5.74, 6) is 0. The molecule has 0 aliphatic carbocycles. The number of fused-ring (bicyclic) bond motifs is 9. The molecule has 0 saturated carbocycles. The Morgan fingerprint density at radius 3 is 0.929 bits per heavy atom. The number of pyridine rings is 3. The number of halogens is 3. The van der Waals surface area contributed by atoms with Crippen molar-refractivity contribution in [3.05, 3.63) is 147 Å². The lowest BCUT2D eigenvalue weighted by Gasteiger charge is -1.89. The maximum absolute atomic E-state index is 5.29. The maximum Gasteiger partial charge on any atom is 0.378 e. The van der Waals surface area contributed by atoms with Crippen molar-refractivity contribution < 1.29 is 98.4 Å². The molecule has 0 bridgehead atoms. The van der Waals surface area contributed by atoms with Crippen LogP contribution in [-0.4, -0.2) is 0 Å². The number of hydrogen-bond donors (Lipinski definition) is 0. The summed E-state index contributed by atoms with van der Waals surface area (Å²) in [7, 11) is 0. The van der Waals surface area contributed by atoms with Gasteiger partial charge < -0.3 is 85.2 Å². The van der Waals surface area contributed by atoms with Crippen molar-refractivity contribution in [2.45, 2.75) is 0 Å². The SMILES string of the molecule is [I-].[I-].[I-].c1ccc2c(c1)ccc1occ[n+]12.c1ccc2c(c1)ccc1occ[n+]12.c1ccc2c(c1)ccc1occ[n+]12. The Bertz CT molecular complexity index is 1970. The molecule has 0 saturated heterocycles. The first-order chi connectivity index (χ1) is 19.3. The quantitative estimate of drug-likeness (QED) is 0.126. The number of rotatable bonds is 0. The van der Waals surface area contributed by atoms with Gasteiger partial charge in [0.2, 0.25) is 35.1 Å². The van der Waals surface area contributed by atoms with Gasteiger partial charge in [-0.1, -0.05) is 36.4 Å². The minimum Gasteiger partial charge on any atom is -1.00 e. The topological polar surface area (TPSA) is 51.7 Å². The van der Waals surface area contributed by atoms with E-state index in [2.05, 4.69) is 54.6 Å². The highest BCUT2D eigenvalue weighted by atomic mass is 127. The van der Waals surface area contributed by atoms with E-state index in [1.165, 1.54) is 32.7 Å². The van der Waals surface area contributed by atoms with Gasteiger partial charge in [0.05, 0.1) is 18.2 Å². The molecule has 0 atom stereocenters. The molecule has 0 radical (unpaired) electrons. The van der Waals surface area contributed by atoms with E-state index in [0.29, 0.717) is 0 Å². The first kappa shape index (κ1) is 31.6. The first-order valence-electron chi connectivity index (χ1n) is 12.6. The van der Waals surface area contributed by atoms with Gasteiger partial charge in [-0.3, -0.25) is 0 Å². The summed E-state index contributed by atoms with van der Waals surface area (Å²) in [5.41, 5.74) is 6.15. The maximum atomic E-state index is 5.29. The van der Waals surface area contributed by atoms with E-state index in [0.717, 1.165) is 17.1 Å². The van der Waals surface area contributed by atoms with Gasteiger partial charge >= 0.3 is 17.1 Å². The second-order valence-corrected chi connectivity index (χ2v) is 9.01. The molecule has 3 aromatic carbocycles. The van der Waals surface area contributed by atoms with Crippen molar-refractivity contribution in [3.63, 3.8) is 0 Å². The first-order valence-corrected chi connectivity index (χ1v) is 12.6. The molecule has 0 aliphatic heterocycles. The summed E-state index contributed by atoms with van der Waals surface area (Å²) in [6.45, 7) is 0. The van der Waals surface area contributed by atoms with Crippen LogP contribution in [0.2, 0.25) is 0 Å². The van der Waals surface area contributed by atoms with Crippen LogP contribution in [0.5, 0.6) is 0 Å². The zero-order valence-electron chi connectivity index (χ0n) is 22.1. The number of hydrogen-bond acceptors (Lipinski definition) is 3. The molecular weight excluding hydrogens is 867 g/mol. The molecule has 9 rings (SSSR count). The molecule has 0 amide bonds. The molecule has 6 heterocycles. The van der Waals surface area contributed by atoms with Gasteiger partial charge in [-0.15, -0.1) is 13.2 Å². The van der Waals surface area contributed by atoms with E-state index < -0.39 is 0 Å². The fraction of sp³-hybridized carbons (Fsp3) is 0. The van der Waals surface area contributed by atoms with E-state index >= 15 is 0 Å². The van der Waals surface area contributed by atoms with Gasteiger partial charge in [0, 0.05) is 34.4 Å². The lowest BCUT2D eigenvalue weighted by atomic mass is 10.2. The van der Waals surface area contributed by atoms with E-state index in [4.69, 9.17) is 13.3 Å². The average Bonchev–Trinajstić information content (AvgIpc) is 3.78. The Morgan fingerprint density at radius 1 is 0.333 bits per heavy atom. The number of benzene rings is 3. The number of nitrogens with zero attached hydrogens (tertiary/aromatic N) is 3. The molecule has 0 unspecified atom stereocenters. The van der Waals surface area contributed by atoms with Crippen LogP contribution in [0, 0.1) is 0 Å². The standard InChI is InChI=1S/3C11H8NO.3HI/c3*1-2-4-10-9(3-1)5-6-11-12(10)7-8-13-11;;;/h3*1-8H;3*1H/q3*+1;;;/p-3. The third-order valence-electron chi connectivity index (χ3n) is 6.71. The zero-order chi connectivity index (χ0) is 26.0. The smallest absolute Gasteiger partial charge is 0.378 e. The van der Waals surface area contributed by atoms with Crippen LogP contribution in [0.4, 0.5) is 0 Å². The fourth-order valence-corrected chi connectivity index (χ4v) is 4.86. The number of para-hydroxylation sites is 3. The molecule has 42 heavy (non-hydrogen) atoms. The van der Waals surface area contributed by atoms with E-state index in [1.807, 2.05) is 86.4 Å². The Labute approximate surface area is 292 Å². The normalized spacial score (nSPS) is 10.3. The molecule has 210 valence electrons. The Kier molecular flexibility index (Phi) is 10.7. The number of oxazole rings is 3. The van der Waals surface area contributed by atoms with Crippen LogP contribution in [0.25, 0.3) is 49.8 Å². The van der Waals surface area contributed by atoms with Gasteiger partial charge in [0.15, 0.2) is 18.8 Å². The number of aromatic nitrogens is 3. The summed E-state index contributed by atoms with van der Waals surface area (Å²) in [5, 5.41) is 3.67. The molecule has 6 nitrogen and oxygen atoms in total. The monoisotopic (exact) mass is 891 g/mol. The minimum absolute atomic E-state index is 0. The van der Waals surface area contributed by atoms with Crippen molar-refractivity contribution >= 4 is 49.8 Å². The summed E-state index contributed by atoms with van der Waals surface area (Å²) < 4.78 is 22.0. The molecule has 0 spiro atoms. The third-order valence-corrected chi connectivity index (χ3v) is 6.71. The largest absolute Gasteiger partial charge is 1.00 e. The van der Waals surface area contributed by atoms with Gasteiger partial charge in [-0.25, -0.2) is 0 Å². The van der Waals surface area contributed by atoms with E-state index in [1.54, 1.807) is 18.8 Å². The highest BCUT2D eigenvalue weighted by Crippen LogP contribution is 2.13. The molecule has 0 fully saturated rings. The summed E-state index contributed by atoms with van der Waals surface area (Å²) >= 11 is 0. The van der Waals surface area contributed by atoms with Crippen LogP contribution in [0.3, 0.4) is 0 Å². The van der Waals surface area contributed by atoms with Crippen LogP contribution < -0.4 is 85.1 Å². The van der Waals surface area contributed by atoms with Crippen molar-refractivity contribution in [1.29, 1.82) is 0 Å². The summed E-state index contributed by atoms with van der Waals surface area (Å²) in [6, 6.07) is 36.8. The van der Waals surface area contributed by atoms with E-state index in [-0.39, 0.29) is 71.9 Å². The highest BCUT2D eigenvalue weighted by Gasteiger charge is 2.11. The third kappa shape index (κ3) is 6.22. The van der Waals surface area contributed by atoms with Crippen molar-refractivity contribution in [3.8, 4) is 0 Å². The predicted octanol–water partition coefficient (Wildman–Crippen LogP) is -2.47. The van der Waals surface area contributed by atoms with Gasteiger partial charge in [0.25, 0.3) is 0 Å². The molecule has 9 aromatic rings. The van der Waals surface area contributed by atoms with Crippen LogP contribution in [0.1, 0.15) is 0 Å². The second-order valence-electron chi connectivity index (χ2n) is 9.01. The van der Waals surface area contributed by atoms with Gasteiger partial charge in [-0.2, -0.15) is 0 Å². The van der Waals surface area contributed by atoms with E-state index in [9.17, 15) is 0 Å². The molecular formula is C33H24I3N3O3.